The van der Waals surface area contributed by atoms with Crippen LogP contribution in [0, 0.1) is 6.92 Å². The normalized spacial score (nSPS) is 16.0. The Morgan fingerprint density at radius 3 is 2.35 bits per heavy atom. The lowest BCUT2D eigenvalue weighted by Crippen LogP contribution is -2.20. The number of phenolic OH excluding ortho intramolecular Hbond substituents is 2. The number of hydrogen-bond acceptors (Lipinski definition) is 5. The van der Waals surface area contributed by atoms with Gasteiger partial charge in [0.1, 0.15) is 11.5 Å². The molecule has 3 rings (SSSR count). The average molecular weight is 315 g/mol. The molecule has 23 heavy (non-hydrogen) atoms. The highest BCUT2D eigenvalue weighted by Crippen LogP contribution is 2.43. The fraction of sp³-hybridized carbons (Fsp3) is 0.235. The van der Waals surface area contributed by atoms with Crippen LogP contribution in [0.1, 0.15) is 33.1 Å². The number of rotatable bonds is 3. The van der Waals surface area contributed by atoms with E-state index in [4.69, 9.17) is 9.47 Å². The number of fused-ring (bicyclic) bond motifs is 1. The third-order valence-corrected chi connectivity index (χ3v) is 3.93. The van der Waals surface area contributed by atoms with E-state index in [9.17, 15) is 15.0 Å². The second-order valence-corrected chi connectivity index (χ2v) is 5.42. The smallest absolute Gasteiger partial charge is 0.256 e. The van der Waals surface area contributed by atoms with Crippen molar-refractivity contribution < 1.29 is 24.5 Å². The van der Waals surface area contributed by atoms with Gasteiger partial charge in [-0.1, -0.05) is 0 Å². The zero-order valence-corrected chi connectivity index (χ0v) is 13.0. The van der Waals surface area contributed by atoms with Gasteiger partial charge in [-0.05, 0) is 36.2 Å². The number of benzene rings is 2. The molecule has 1 aliphatic heterocycles. The summed E-state index contributed by atoms with van der Waals surface area (Å²) >= 11 is 0. The number of aryl methyl sites for hydroxylation is 1. The first-order valence-electron chi connectivity index (χ1n) is 7.05. The number of ether oxygens (including phenoxy) is 2. The molecule has 0 unspecified atom stereocenters. The largest absolute Gasteiger partial charge is 0.508 e. The minimum atomic E-state index is -0.590. The lowest BCUT2D eigenvalue weighted by Gasteiger charge is -2.17. The first-order valence-corrected chi connectivity index (χ1v) is 7.05. The van der Waals surface area contributed by atoms with E-state index < -0.39 is 6.04 Å². The topological polar surface area (TPSA) is 88.0 Å². The van der Waals surface area contributed by atoms with Crippen LogP contribution >= 0.6 is 0 Å². The van der Waals surface area contributed by atoms with Crippen molar-refractivity contribution in [3.63, 3.8) is 0 Å². The summed E-state index contributed by atoms with van der Waals surface area (Å²) in [5, 5.41) is 23.1. The number of phenols is 2. The fourth-order valence-corrected chi connectivity index (χ4v) is 2.93. The molecule has 6 heteroatoms. The summed E-state index contributed by atoms with van der Waals surface area (Å²) in [5.41, 5.74) is 2.29. The van der Waals surface area contributed by atoms with E-state index in [0.717, 1.165) is 5.56 Å². The van der Waals surface area contributed by atoms with E-state index in [2.05, 4.69) is 5.32 Å². The van der Waals surface area contributed by atoms with Crippen LogP contribution in [-0.4, -0.2) is 30.3 Å². The quantitative estimate of drug-likeness (QED) is 0.808. The Balaban J connectivity index is 2.21. The first-order chi connectivity index (χ1) is 11.0. The number of carbonyl (C=O) groups is 1. The Kier molecular flexibility index (Phi) is 3.52. The zero-order chi connectivity index (χ0) is 16.7. The Labute approximate surface area is 133 Å². The summed E-state index contributed by atoms with van der Waals surface area (Å²) < 4.78 is 10.4. The third-order valence-electron chi connectivity index (χ3n) is 3.93. The third kappa shape index (κ3) is 2.32. The van der Waals surface area contributed by atoms with Crippen LogP contribution in [0.2, 0.25) is 0 Å². The number of hydrogen-bond donors (Lipinski definition) is 3. The van der Waals surface area contributed by atoms with Gasteiger partial charge < -0.3 is 25.0 Å². The van der Waals surface area contributed by atoms with Gasteiger partial charge in [0.25, 0.3) is 5.91 Å². The maximum Gasteiger partial charge on any atom is 0.256 e. The van der Waals surface area contributed by atoms with Crippen molar-refractivity contribution in [2.24, 2.45) is 0 Å². The molecule has 0 radical (unpaired) electrons. The standard InChI is InChI=1S/C17H17NO5/c1-8-4-11(16(20)13(5-8)23-3)15-10-6-9(19)7-12(22-2)14(10)17(21)18-15/h4-7,15,19-20H,1-3H3,(H,18,21)/t15-/m1/s1. The van der Waals surface area contributed by atoms with Crippen LogP contribution in [0.25, 0.3) is 0 Å². The molecule has 2 aromatic rings. The highest BCUT2D eigenvalue weighted by atomic mass is 16.5. The lowest BCUT2D eigenvalue weighted by atomic mass is 9.95. The minimum absolute atomic E-state index is 0.0128. The SMILES string of the molecule is COc1cc(C)cc([C@@H]2NC(=O)c3c(OC)cc(O)cc32)c1O. The van der Waals surface area contributed by atoms with Crippen LogP contribution in [-0.2, 0) is 0 Å². The molecule has 0 spiro atoms. The van der Waals surface area contributed by atoms with Crippen LogP contribution in [0.5, 0.6) is 23.0 Å². The van der Waals surface area contributed by atoms with Crippen molar-refractivity contribution in [3.8, 4) is 23.0 Å². The summed E-state index contributed by atoms with van der Waals surface area (Å²) in [7, 11) is 2.90. The van der Waals surface area contributed by atoms with Crippen molar-refractivity contribution >= 4 is 5.91 Å². The van der Waals surface area contributed by atoms with Gasteiger partial charge in [-0.3, -0.25) is 4.79 Å². The molecule has 0 saturated carbocycles. The second-order valence-electron chi connectivity index (χ2n) is 5.42. The Morgan fingerprint density at radius 1 is 1.00 bits per heavy atom. The Bertz CT molecular complexity index is 800. The molecule has 0 aromatic heterocycles. The van der Waals surface area contributed by atoms with Gasteiger partial charge in [0.05, 0.1) is 25.8 Å². The van der Waals surface area contributed by atoms with E-state index in [1.165, 1.54) is 26.4 Å². The Hall–Kier alpha value is -2.89. The molecule has 120 valence electrons. The van der Waals surface area contributed by atoms with Crippen molar-refractivity contribution in [1.82, 2.24) is 5.32 Å². The number of aromatic hydroxyl groups is 2. The molecule has 0 aliphatic carbocycles. The monoisotopic (exact) mass is 315 g/mol. The number of methoxy groups -OCH3 is 2. The molecule has 6 nitrogen and oxygen atoms in total. The molecule has 3 N–H and O–H groups in total. The van der Waals surface area contributed by atoms with Crippen molar-refractivity contribution in [3.05, 3.63) is 46.5 Å². The molecular formula is C17H17NO5. The van der Waals surface area contributed by atoms with Gasteiger partial charge >= 0.3 is 0 Å². The van der Waals surface area contributed by atoms with E-state index in [1.54, 1.807) is 12.1 Å². The molecule has 0 bridgehead atoms. The molecule has 1 aliphatic rings. The molecule has 0 saturated heterocycles. The maximum absolute atomic E-state index is 12.3. The van der Waals surface area contributed by atoms with Crippen LogP contribution in [0.4, 0.5) is 0 Å². The van der Waals surface area contributed by atoms with Gasteiger partial charge in [0.15, 0.2) is 11.5 Å². The van der Waals surface area contributed by atoms with Crippen molar-refractivity contribution in [1.29, 1.82) is 0 Å². The minimum Gasteiger partial charge on any atom is -0.508 e. The summed E-state index contributed by atoms with van der Waals surface area (Å²) in [6, 6.07) is 5.77. The fourth-order valence-electron chi connectivity index (χ4n) is 2.93. The maximum atomic E-state index is 12.3. The number of nitrogens with one attached hydrogen (secondary N) is 1. The predicted octanol–water partition coefficient (Wildman–Crippen LogP) is 2.26. The highest BCUT2D eigenvalue weighted by Gasteiger charge is 2.35. The van der Waals surface area contributed by atoms with Gasteiger partial charge in [0, 0.05) is 11.6 Å². The number of carbonyl (C=O) groups excluding carboxylic acids is 1. The van der Waals surface area contributed by atoms with Crippen molar-refractivity contribution in [2.75, 3.05) is 14.2 Å². The lowest BCUT2D eigenvalue weighted by molar-refractivity contribution is 0.0958. The van der Waals surface area contributed by atoms with Crippen LogP contribution in [0.15, 0.2) is 24.3 Å². The van der Waals surface area contributed by atoms with E-state index >= 15 is 0 Å². The summed E-state index contributed by atoms with van der Waals surface area (Å²) in [6.45, 7) is 1.87. The molecular weight excluding hydrogens is 298 g/mol. The second kappa shape index (κ2) is 5.39. The van der Waals surface area contributed by atoms with E-state index in [0.29, 0.717) is 28.2 Å². The average Bonchev–Trinajstić information content (AvgIpc) is 2.85. The summed E-state index contributed by atoms with van der Waals surface area (Å²) in [6.07, 6.45) is 0. The van der Waals surface area contributed by atoms with Gasteiger partial charge in [0.2, 0.25) is 0 Å². The van der Waals surface area contributed by atoms with Crippen LogP contribution < -0.4 is 14.8 Å². The van der Waals surface area contributed by atoms with Gasteiger partial charge in [-0.15, -0.1) is 0 Å². The summed E-state index contributed by atoms with van der Waals surface area (Å²) in [5.74, 6) is 0.246. The van der Waals surface area contributed by atoms with Gasteiger partial charge in [-0.25, -0.2) is 0 Å². The molecule has 1 amide bonds. The molecule has 1 atom stereocenters. The molecule has 1 heterocycles. The van der Waals surface area contributed by atoms with Crippen molar-refractivity contribution in [2.45, 2.75) is 13.0 Å². The zero-order valence-electron chi connectivity index (χ0n) is 13.0. The first kappa shape index (κ1) is 15.0. The Morgan fingerprint density at radius 2 is 1.70 bits per heavy atom. The molecule has 0 fully saturated rings. The summed E-state index contributed by atoms with van der Waals surface area (Å²) in [4.78, 5) is 12.3. The van der Waals surface area contributed by atoms with Crippen LogP contribution in [0.3, 0.4) is 0 Å². The number of amides is 1. The predicted molar refractivity (Wildman–Crippen MR) is 83.4 cm³/mol. The van der Waals surface area contributed by atoms with Gasteiger partial charge in [-0.2, -0.15) is 0 Å². The van der Waals surface area contributed by atoms with E-state index in [-0.39, 0.29) is 17.4 Å². The molecule has 2 aromatic carbocycles. The van der Waals surface area contributed by atoms with E-state index in [1.807, 2.05) is 6.92 Å². The highest BCUT2D eigenvalue weighted by molar-refractivity contribution is 6.02.